The van der Waals surface area contributed by atoms with Crippen molar-refractivity contribution in [2.45, 2.75) is 71.1 Å². The van der Waals surface area contributed by atoms with Gasteiger partial charge in [-0.1, -0.05) is 58.3 Å². The quantitative estimate of drug-likeness (QED) is 0.321. The monoisotopic (exact) mass is 232 g/mol. The summed E-state index contributed by atoms with van der Waals surface area (Å²) in [6.45, 7) is 2.25. The van der Waals surface area contributed by atoms with Gasteiger partial charge in [-0.25, -0.2) is 0 Å². The molecule has 0 aliphatic carbocycles. The van der Waals surface area contributed by atoms with Crippen LogP contribution in [0.1, 0.15) is 71.1 Å². The van der Waals surface area contributed by atoms with Gasteiger partial charge in [0.1, 0.15) is 6.29 Å². The summed E-state index contributed by atoms with van der Waals surface area (Å²) >= 11 is 0. The average molecular weight is 232 g/mol. The van der Waals surface area contributed by atoms with Crippen LogP contribution in [-0.2, 0) is 4.79 Å². The number of hydrogen-bond acceptors (Lipinski definition) is 1. The van der Waals surface area contributed by atoms with Gasteiger partial charge in [-0.15, -0.1) is 0 Å². The van der Waals surface area contributed by atoms with Gasteiger partial charge in [-0.3, -0.25) is 0 Å². The van der Waals surface area contributed by atoms with E-state index in [2.05, 4.69) is 6.92 Å². The van der Waals surface area contributed by atoms with Gasteiger partial charge in [0.25, 0.3) is 0 Å². The Labute approximate surface area is 140 Å². The second-order valence-corrected chi connectivity index (χ2v) is 3.78. The SMILES string of the molecule is CCCCCCCCCCCC=O.[NaH].[NaH]. The van der Waals surface area contributed by atoms with Crippen molar-refractivity contribution in [3.8, 4) is 0 Å². The molecule has 0 fully saturated rings. The van der Waals surface area contributed by atoms with Crippen LogP contribution < -0.4 is 0 Å². The molecule has 0 aromatic rings. The molecular formula is C12H26Na2O. The van der Waals surface area contributed by atoms with Gasteiger partial charge in [0.15, 0.2) is 0 Å². The van der Waals surface area contributed by atoms with Gasteiger partial charge < -0.3 is 4.79 Å². The first-order chi connectivity index (χ1) is 6.41. The van der Waals surface area contributed by atoms with Crippen LogP contribution in [0.2, 0.25) is 0 Å². The van der Waals surface area contributed by atoms with Gasteiger partial charge >= 0.3 is 59.1 Å². The third-order valence-electron chi connectivity index (χ3n) is 2.43. The van der Waals surface area contributed by atoms with Crippen molar-refractivity contribution < 1.29 is 4.79 Å². The Morgan fingerprint density at radius 1 is 0.733 bits per heavy atom. The zero-order chi connectivity index (χ0) is 9.78. The summed E-state index contributed by atoms with van der Waals surface area (Å²) in [6.07, 6.45) is 13.7. The molecule has 0 atom stereocenters. The Morgan fingerprint density at radius 2 is 1.13 bits per heavy atom. The summed E-state index contributed by atoms with van der Waals surface area (Å²) in [5.41, 5.74) is 0. The average Bonchev–Trinajstić information content (AvgIpc) is 2.16. The molecule has 3 heteroatoms. The van der Waals surface area contributed by atoms with E-state index in [-0.39, 0.29) is 59.1 Å². The molecular weight excluding hydrogens is 206 g/mol. The van der Waals surface area contributed by atoms with Gasteiger partial charge in [-0.05, 0) is 6.42 Å². The first-order valence-corrected chi connectivity index (χ1v) is 5.85. The van der Waals surface area contributed by atoms with E-state index in [1.807, 2.05) is 0 Å². The molecule has 82 valence electrons. The summed E-state index contributed by atoms with van der Waals surface area (Å²) in [6, 6.07) is 0. The molecule has 1 nitrogen and oxygen atoms in total. The van der Waals surface area contributed by atoms with E-state index in [0.29, 0.717) is 0 Å². The molecule has 15 heavy (non-hydrogen) atoms. The second-order valence-electron chi connectivity index (χ2n) is 3.78. The van der Waals surface area contributed by atoms with Crippen molar-refractivity contribution in [2.75, 3.05) is 0 Å². The van der Waals surface area contributed by atoms with Crippen molar-refractivity contribution in [3.05, 3.63) is 0 Å². The fraction of sp³-hybridized carbons (Fsp3) is 0.917. The van der Waals surface area contributed by atoms with Crippen molar-refractivity contribution in [1.29, 1.82) is 0 Å². The zero-order valence-corrected chi connectivity index (χ0v) is 9.06. The van der Waals surface area contributed by atoms with Crippen LogP contribution in [0.4, 0.5) is 0 Å². The first-order valence-electron chi connectivity index (χ1n) is 5.85. The number of aldehydes is 1. The number of carbonyl (C=O) groups excluding carboxylic acids is 1. The summed E-state index contributed by atoms with van der Waals surface area (Å²) in [5.74, 6) is 0. The molecule has 0 heterocycles. The molecule has 0 saturated heterocycles. The molecule has 0 bridgehead atoms. The summed E-state index contributed by atoms with van der Waals surface area (Å²) < 4.78 is 0. The van der Waals surface area contributed by atoms with Gasteiger partial charge in [0.2, 0.25) is 0 Å². The molecule has 0 rings (SSSR count). The van der Waals surface area contributed by atoms with Crippen molar-refractivity contribution in [3.63, 3.8) is 0 Å². The van der Waals surface area contributed by atoms with Gasteiger partial charge in [-0.2, -0.15) is 0 Å². The van der Waals surface area contributed by atoms with E-state index in [1.165, 1.54) is 51.4 Å². The van der Waals surface area contributed by atoms with Crippen molar-refractivity contribution in [2.24, 2.45) is 0 Å². The fourth-order valence-electron chi connectivity index (χ4n) is 1.54. The standard InChI is InChI=1S/C12H24O.2Na.2H/c1-2-3-4-5-6-7-8-9-10-11-12-13;;;;/h12H,2-11H2,1H3;;;;. The second kappa shape index (κ2) is 21.0. The number of rotatable bonds is 10. The molecule has 0 radical (unpaired) electrons. The summed E-state index contributed by atoms with van der Waals surface area (Å²) in [7, 11) is 0. The predicted octanol–water partition coefficient (Wildman–Crippen LogP) is 2.81. The van der Waals surface area contributed by atoms with Crippen LogP contribution in [0.15, 0.2) is 0 Å². The summed E-state index contributed by atoms with van der Waals surface area (Å²) in [5, 5.41) is 0. The normalized spacial score (nSPS) is 8.87. The Kier molecular flexibility index (Phi) is 30.7. The number of unbranched alkanes of at least 4 members (excludes halogenated alkanes) is 9. The maximum atomic E-state index is 10.0. The molecule has 0 aliphatic rings. The number of carbonyl (C=O) groups is 1. The summed E-state index contributed by atoms with van der Waals surface area (Å²) in [4.78, 5) is 10.0. The molecule has 0 aromatic carbocycles. The van der Waals surface area contributed by atoms with Crippen LogP contribution in [0.25, 0.3) is 0 Å². The molecule has 0 amide bonds. The molecule has 0 spiro atoms. The zero-order valence-electron chi connectivity index (χ0n) is 9.06. The minimum atomic E-state index is 0. The molecule has 0 saturated carbocycles. The van der Waals surface area contributed by atoms with E-state index in [0.717, 1.165) is 19.1 Å². The third kappa shape index (κ3) is 21.5. The Hall–Kier alpha value is 1.67. The van der Waals surface area contributed by atoms with Crippen LogP contribution >= 0.6 is 0 Å². The first kappa shape index (κ1) is 21.9. The molecule has 0 unspecified atom stereocenters. The van der Waals surface area contributed by atoms with E-state index in [4.69, 9.17) is 0 Å². The van der Waals surface area contributed by atoms with Gasteiger partial charge in [0, 0.05) is 6.42 Å². The molecule has 0 aliphatic heterocycles. The predicted molar refractivity (Wildman–Crippen MR) is 72.2 cm³/mol. The van der Waals surface area contributed by atoms with E-state index >= 15 is 0 Å². The minimum absolute atomic E-state index is 0. The molecule has 0 N–H and O–H groups in total. The Morgan fingerprint density at radius 3 is 1.53 bits per heavy atom. The topological polar surface area (TPSA) is 17.1 Å². The van der Waals surface area contributed by atoms with E-state index in [9.17, 15) is 4.79 Å². The third-order valence-corrected chi connectivity index (χ3v) is 2.43. The van der Waals surface area contributed by atoms with Gasteiger partial charge in [0.05, 0.1) is 0 Å². The Bertz CT molecular complexity index is 108. The van der Waals surface area contributed by atoms with Crippen LogP contribution in [0.5, 0.6) is 0 Å². The van der Waals surface area contributed by atoms with Crippen molar-refractivity contribution >= 4 is 65.4 Å². The fourth-order valence-corrected chi connectivity index (χ4v) is 1.54. The number of hydrogen-bond donors (Lipinski definition) is 0. The maximum absolute atomic E-state index is 10.0. The van der Waals surface area contributed by atoms with Crippen LogP contribution in [0, 0.1) is 0 Å². The van der Waals surface area contributed by atoms with E-state index < -0.39 is 0 Å². The van der Waals surface area contributed by atoms with Crippen molar-refractivity contribution in [1.82, 2.24) is 0 Å². The Balaban J connectivity index is -0.000000720. The van der Waals surface area contributed by atoms with Crippen LogP contribution in [0.3, 0.4) is 0 Å². The van der Waals surface area contributed by atoms with E-state index in [1.54, 1.807) is 0 Å². The van der Waals surface area contributed by atoms with Crippen LogP contribution in [-0.4, -0.2) is 65.4 Å². The molecule has 0 aromatic heterocycles.